The van der Waals surface area contributed by atoms with Crippen LogP contribution in [0.15, 0.2) is 66.7 Å². The Kier molecular flexibility index (Phi) is 6.04. The predicted octanol–water partition coefficient (Wildman–Crippen LogP) is 7.07. The normalized spacial score (nSPS) is 17.4. The minimum absolute atomic E-state index is 0.252. The lowest BCUT2D eigenvalue weighted by Crippen LogP contribution is -2.44. The van der Waals surface area contributed by atoms with E-state index in [1.54, 1.807) is 0 Å². The molecule has 0 N–H and O–H groups in total. The van der Waals surface area contributed by atoms with Crippen molar-refractivity contribution in [2.24, 2.45) is 0 Å². The fourth-order valence-corrected chi connectivity index (χ4v) is 5.67. The molecule has 1 nitrogen and oxygen atoms in total. The largest absolute Gasteiger partial charge is 0.294 e. The van der Waals surface area contributed by atoms with Gasteiger partial charge in [-0.15, -0.1) is 11.6 Å². The summed E-state index contributed by atoms with van der Waals surface area (Å²) in [6.45, 7) is 10.7. The van der Waals surface area contributed by atoms with E-state index in [0.717, 1.165) is 19.5 Å². The van der Waals surface area contributed by atoms with E-state index in [4.69, 9.17) is 11.6 Å². The van der Waals surface area contributed by atoms with Gasteiger partial charge >= 0.3 is 0 Å². The number of nitrogens with zero attached hydrogens (tertiary/aromatic N) is 1. The van der Waals surface area contributed by atoms with Crippen molar-refractivity contribution in [3.8, 4) is 0 Å². The highest BCUT2D eigenvalue weighted by Crippen LogP contribution is 2.47. The highest BCUT2D eigenvalue weighted by Gasteiger charge is 2.45. The Morgan fingerprint density at radius 1 is 0.800 bits per heavy atom. The van der Waals surface area contributed by atoms with E-state index in [1.165, 1.54) is 45.4 Å². The molecule has 0 bridgehead atoms. The van der Waals surface area contributed by atoms with Crippen LogP contribution in [0.2, 0.25) is 0 Å². The minimum atomic E-state index is -0.571. The van der Waals surface area contributed by atoms with Gasteiger partial charge in [0.15, 0.2) is 0 Å². The maximum atomic E-state index is 7.80. The Bertz CT molecular complexity index is 932. The van der Waals surface area contributed by atoms with Gasteiger partial charge in [0.2, 0.25) is 0 Å². The molecule has 4 rings (SSSR count). The first kappa shape index (κ1) is 21.2. The third kappa shape index (κ3) is 4.19. The van der Waals surface area contributed by atoms with Crippen LogP contribution < -0.4 is 0 Å². The van der Waals surface area contributed by atoms with Crippen molar-refractivity contribution in [2.75, 3.05) is 6.54 Å². The van der Waals surface area contributed by atoms with Gasteiger partial charge in [-0.2, -0.15) is 0 Å². The number of halogens is 1. The molecular weight excluding hydrogens is 386 g/mol. The van der Waals surface area contributed by atoms with E-state index in [0.29, 0.717) is 0 Å². The summed E-state index contributed by atoms with van der Waals surface area (Å²) in [6.07, 6.45) is 2.29. The van der Waals surface area contributed by atoms with Gasteiger partial charge in [-0.05, 0) is 63.8 Å². The monoisotopic (exact) mass is 417 g/mol. The second-order valence-corrected chi connectivity index (χ2v) is 9.67. The summed E-state index contributed by atoms with van der Waals surface area (Å²) in [5, 5.41) is 0. The maximum Gasteiger partial charge on any atom is 0.110 e. The molecule has 3 aromatic carbocycles. The highest BCUT2D eigenvalue weighted by atomic mass is 35.5. The molecule has 1 saturated heterocycles. The number of benzene rings is 3. The Morgan fingerprint density at radius 3 is 1.80 bits per heavy atom. The van der Waals surface area contributed by atoms with Crippen molar-refractivity contribution >= 4 is 11.6 Å². The molecule has 30 heavy (non-hydrogen) atoms. The van der Waals surface area contributed by atoms with Gasteiger partial charge in [0, 0.05) is 12.6 Å². The zero-order chi connectivity index (χ0) is 21.3. The SMILES string of the molecule is Cc1cc(C)cc(C(Cl)(c2cc(C)cc(C)c2)[C@@H]2CCCN2Cc2ccccc2)c1. The fourth-order valence-electron chi connectivity index (χ4n) is 5.20. The Hall–Kier alpha value is -2.09. The van der Waals surface area contributed by atoms with E-state index in [2.05, 4.69) is 99.3 Å². The molecule has 2 heteroatoms. The van der Waals surface area contributed by atoms with Crippen LogP contribution in [0.4, 0.5) is 0 Å². The zero-order valence-electron chi connectivity index (χ0n) is 18.6. The molecule has 0 aliphatic carbocycles. The van der Waals surface area contributed by atoms with Gasteiger partial charge in [0.05, 0.1) is 0 Å². The van der Waals surface area contributed by atoms with Gasteiger partial charge < -0.3 is 0 Å². The van der Waals surface area contributed by atoms with Crippen molar-refractivity contribution in [3.63, 3.8) is 0 Å². The molecule has 1 aliphatic heterocycles. The third-order valence-electron chi connectivity index (χ3n) is 6.33. The molecule has 1 aliphatic rings. The summed E-state index contributed by atoms with van der Waals surface area (Å²) in [7, 11) is 0. The molecule has 1 fully saturated rings. The molecule has 0 saturated carbocycles. The average molecular weight is 418 g/mol. The number of hydrogen-bond acceptors (Lipinski definition) is 1. The van der Waals surface area contributed by atoms with Crippen molar-refractivity contribution in [2.45, 2.75) is 58.0 Å². The molecule has 0 aromatic heterocycles. The lowest BCUT2D eigenvalue weighted by atomic mass is 9.80. The maximum absolute atomic E-state index is 7.80. The zero-order valence-corrected chi connectivity index (χ0v) is 19.3. The molecule has 0 unspecified atom stereocenters. The van der Waals surface area contributed by atoms with E-state index in [-0.39, 0.29) is 6.04 Å². The summed E-state index contributed by atoms with van der Waals surface area (Å²) < 4.78 is 0. The van der Waals surface area contributed by atoms with Gasteiger partial charge in [0.25, 0.3) is 0 Å². The predicted molar refractivity (Wildman–Crippen MR) is 128 cm³/mol. The summed E-state index contributed by atoms with van der Waals surface area (Å²) in [5.41, 5.74) is 8.87. The van der Waals surface area contributed by atoms with Crippen molar-refractivity contribution in [3.05, 3.63) is 106 Å². The minimum Gasteiger partial charge on any atom is -0.294 e. The molecule has 1 atom stereocenters. The van der Waals surface area contributed by atoms with E-state index in [9.17, 15) is 0 Å². The first-order valence-electron chi connectivity index (χ1n) is 11.0. The molecule has 0 amide bonds. The number of rotatable bonds is 5. The van der Waals surface area contributed by atoms with Crippen molar-refractivity contribution < 1.29 is 0 Å². The molecule has 156 valence electrons. The summed E-state index contributed by atoms with van der Waals surface area (Å²) in [5.74, 6) is 0. The summed E-state index contributed by atoms with van der Waals surface area (Å²) >= 11 is 7.80. The van der Waals surface area contributed by atoms with Crippen LogP contribution in [-0.4, -0.2) is 17.5 Å². The van der Waals surface area contributed by atoms with Crippen LogP contribution in [0.3, 0.4) is 0 Å². The van der Waals surface area contributed by atoms with E-state index >= 15 is 0 Å². The molecule has 3 aromatic rings. The van der Waals surface area contributed by atoms with Gasteiger partial charge in [0.1, 0.15) is 4.87 Å². The second kappa shape index (κ2) is 8.57. The van der Waals surface area contributed by atoms with Crippen LogP contribution >= 0.6 is 11.6 Å². The molecule has 0 spiro atoms. The average Bonchev–Trinajstić information content (AvgIpc) is 3.15. The van der Waals surface area contributed by atoms with Crippen molar-refractivity contribution in [1.82, 2.24) is 4.90 Å². The quantitative estimate of drug-likeness (QED) is 0.401. The van der Waals surface area contributed by atoms with Gasteiger partial charge in [-0.1, -0.05) is 89.0 Å². The van der Waals surface area contributed by atoms with Crippen molar-refractivity contribution in [1.29, 1.82) is 0 Å². The Morgan fingerprint density at radius 2 is 1.30 bits per heavy atom. The van der Waals surface area contributed by atoms with Crippen LogP contribution in [0.25, 0.3) is 0 Å². The van der Waals surface area contributed by atoms with E-state index in [1.807, 2.05) is 0 Å². The number of aryl methyl sites for hydroxylation is 4. The first-order chi connectivity index (χ1) is 14.4. The van der Waals surface area contributed by atoms with Gasteiger partial charge in [-0.3, -0.25) is 4.90 Å². The Labute approximate surface area is 186 Å². The molecular formula is C28H32ClN. The van der Waals surface area contributed by atoms with Crippen LogP contribution in [0.5, 0.6) is 0 Å². The number of hydrogen-bond donors (Lipinski definition) is 0. The fraction of sp³-hybridized carbons (Fsp3) is 0.357. The first-order valence-corrected chi connectivity index (χ1v) is 11.4. The Balaban J connectivity index is 1.84. The lowest BCUT2D eigenvalue weighted by Gasteiger charge is -2.40. The van der Waals surface area contributed by atoms with E-state index < -0.39 is 4.87 Å². The highest BCUT2D eigenvalue weighted by molar-refractivity contribution is 6.26. The number of alkyl halides is 1. The topological polar surface area (TPSA) is 3.24 Å². The van der Waals surface area contributed by atoms with Crippen LogP contribution in [-0.2, 0) is 11.4 Å². The standard InChI is InChI=1S/C28H32ClN/c1-20-13-21(2)16-25(15-20)28(29,26-17-22(3)14-23(4)18-26)27-11-8-12-30(27)19-24-9-6-5-7-10-24/h5-7,9-10,13-18,27H,8,11-12,19H2,1-4H3/t27-/m0/s1. The molecule has 0 radical (unpaired) electrons. The smallest absolute Gasteiger partial charge is 0.110 e. The molecule has 1 heterocycles. The van der Waals surface area contributed by atoms with Crippen LogP contribution in [0, 0.1) is 27.7 Å². The lowest BCUT2D eigenvalue weighted by molar-refractivity contribution is 0.212. The summed E-state index contributed by atoms with van der Waals surface area (Å²) in [4.78, 5) is 2.02. The summed E-state index contributed by atoms with van der Waals surface area (Å²) in [6, 6.07) is 24.7. The third-order valence-corrected chi connectivity index (χ3v) is 7.02. The van der Waals surface area contributed by atoms with Gasteiger partial charge in [-0.25, -0.2) is 0 Å². The van der Waals surface area contributed by atoms with Crippen LogP contribution in [0.1, 0.15) is 51.8 Å². The number of likely N-dealkylation sites (tertiary alicyclic amines) is 1. The second-order valence-electron chi connectivity index (χ2n) is 9.08.